The summed E-state index contributed by atoms with van der Waals surface area (Å²) < 4.78 is 27.2. The molecular weight excluding hydrogens is 276 g/mol. The average Bonchev–Trinajstić information content (AvgIpc) is 2.31. The minimum atomic E-state index is -3.66. The first-order chi connectivity index (χ1) is 9.39. The van der Waals surface area contributed by atoms with Crippen LogP contribution in [0.5, 0.6) is 0 Å². The normalized spacial score (nSPS) is 16.4. The first-order valence-corrected chi connectivity index (χ1v) is 8.32. The summed E-state index contributed by atoms with van der Waals surface area (Å²) in [7, 11) is -3.66. The Kier molecular flexibility index (Phi) is 4.36. The van der Waals surface area contributed by atoms with Crippen molar-refractivity contribution < 1.29 is 13.5 Å². The molecular formula is C14H22N2O3S. The molecule has 0 amide bonds. The van der Waals surface area contributed by atoms with Gasteiger partial charge in [-0.1, -0.05) is 12.5 Å². The van der Waals surface area contributed by atoms with Gasteiger partial charge in [-0.15, -0.1) is 0 Å². The van der Waals surface area contributed by atoms with E-state index < -0.39 is 10.0 Å². The molecule has 0 aliphatic heterocycles. The fraction of sp³-hybridized carbons (Fsp3) is 0.571. The van der Waals surface area contributed by atoms with Crippen molar-refractivity contribution in [1.82, 2.24) is 4.31 Å². The van der Waals surface area contributed by atoms with Gasteiger partial charge in [-0.3, -0.25) is 0 Å². The van der Waals surface area contributed by atoms with Crippen molar-refractivity contribution >= 4 is 15.7 Å². The Hall–Kier alpha value is -1.11. The van der Waals surface area contributed by atoms with E-state index in [-0.39, 0.29) is 29.8 Å². The molecule has 0 unspecified atom stereocenters. The lowest BCUT2D eigenvalue weighted by molar-refractivity contribution is 0.178. The summed E-state index contributed by atoms with van der Waals surface area (Å²) in [6.07, 6.45) is 2.73. The Morgan fingerprint density at radius 2 is 2.00 bits per heavy atom. The van der Waals surface area contributed by atoms with E-state index in [1.807, 2.05) is 13.0 Å². The van der Waals surface area contributed by atoms with Crippen LogP contribution < -0.4 is 5.73 Å². The van der Waals surface area contributed by atoms with Crippen LogP contribution in [0.3, 0.4) is 0 Å². The Labute approximate surface area is 120 Å². The maximum absolute atomic E-state index is 12.9. The predicted octanol–water partition coefficient (Wildman–Crippen LogP) is 1.42. The zero-order chi connectivity index (χ0) is 14.9. The van der Waals surface area contributed by atoms with Crippen LogP contribution in [0.25, 0.3) is 0 Å². The molecule has 0 radical (unpaired) electrons. The summed E-state index contributed by atoms with van der Waals surface area (Å²) in [5.74, 6) is 0. The Balaban J connectivity index is 2.50. The number of benzene rings is 1. The van der Waals surface area contributed by atoms with Gasteiger partial charge in [-0.2, -0.15) is 4.31 Å². The molecule has 0 heterocycles. The van der Waals surface area contributed by atoms with Gasteiger partial charge in [0.2, 0.25) is 10.0 Å². The second kappa shape index (κ2) is 5.71. The molecule has 1 fully saturated rings. The van der Waals surface area contributed by atoms with E-state index in [9.17, 15) is 13.5 Å². The molecule has 0 atom stereocenters. The first kappa shape index (κ1) is 15.3. The molecule has 1 aliphatic carbocycles. The van der Waals surface area contributed by atoms with Gasteiger partial charge in [-0.05, 0) is 43.9 Å². The van der Waals surface area contributed by atoms with E-state index in [1.165, 1.54) is 4.31 Å². The molecule has 20 heavy (non-hydrogen) atoms. The number of nitrogens with two attached hydrogens (primary N) is 1. The molecule has 0 spiro atoms. The van der Waals surface area contributed by atoms with Crippen molar-refractivity contribution in [2.24, 2.45) is 0 Å². The van der Waals surface area contributed by atoms with Crippen molar-refractivity contribution in [2.45, 2.75) is 44.0 Å². The van der Waals surface area contributed by atoms with E-state index in [0.29, 0.717) is 5.56 Å². The van der Waals surface area contributed by atoms with Gasteiger partial charge in [0.1, 0.15) is 4.90 Å². The predicted molar refractivity (Wildman–Crippen MR) is 78.9 cm³/mol. The van der Waals surface area contributed by atoms with E-state index in [4.69, 9.17) is 5.73 Å². The van der Waals surface area contributed by atoms with Crippen LogP contribution in [0.4, 0.5) is 5.69 Å². The maximum atomic E-state index is 12.9. The molecule has 5 nitrogen and oxygen atoms in total. The van der Waals surface area contributed by atoms with Gasteiger partial charge in [-0.25, -0.2) is 8.42 Å². The van der Waals surface area contributed by atoms with Crippen LogP contribution in [0, 0.1) is 13.8 Å². The Morgan fingerprint density at radius 3 is 2.50 bits per heavy atom. The molecule has 0 saturated heterocycles. The number of aryl methyl sites for hydroxylation is 1. The Bertz CT molecular complexity index is 595. The van der Waals surface area contributed by atoms with E-state index in [1.54, 1.807) is 13.0 Å². The highest BCUT2D eigenvalue weighted by molar-refractivity contribution is 7.89. The first-order valence-electron chi connectivity index (χ1n) is 6.88. The van der Waals surface area contributed by atoms with Crippen LogP contribution in [0.15, 0.2) is 17.0 Å². The number of aliphatic hydroxyl groups excluding tert-OH is 1. The lowest BCUT2D eigenvalue weighted by atomic mass is 9.93. The summed E-state index contributed by atoms with van der Waals surface area (Å²) in [6.45, 7) is 3.59. The topological polar surface area (TPSA) is 83.6 Å². The Morgan fingerprint density at radius 1 is 1.35 bits per heavy atom. The molecule has 3 N–H and O–H groups in total. The highest BCUT2D eigenvalue weighted by Crippen LogP contribution is 2.33. The van der Waals surface area contributed by atoms with E-state index in [2.05, 4.69) is 0 Å². The van der Waals surface area contributed by atoms with Crippen LogP contribution in [-0.2, 0) is 10.0 Å². The number of hydrogen-bond acceptors (Lipinski definition) is 4. The number of hydrogen-bond donors (Lipinski definition) is 2. The molecule has 0 bridgehead atoms. The standard InChI is InChI=1S/C14H22N2O3S/c1-10-6-7-13(15)14(11(10)2)20(18,19)16(8-9-17)12-4-3-5-12/h6-7,12,17H,3-5,8-9,15H2,1-2H3. The number of sulfonamides is 1. The maximum Gasteiger partial charge on any atom is 0.245 e. The number of nitrogen functional groups attached to an aromatic ring is 1. The fourth-order valence-corrected chi connectivity index (χ4v) is 4.62. The van der Waals surface area contributed by atoms with Crippen LogP contribution in [0.2, 0.25) is 0 Å². The van der Waals surface area contributed by atoms with Crippen LogP contribution in [-0.4, -0.2) is 37.0 Å². The number of anilines is 1. The van der Waals surface area contributed by atoms with Gasteiger partial charge in [0.25, 0.3) is 0 Å². The third kappa shape index (κ3) is 2.55. The molecule has 112 valence electrons. The van der Waals surface area contributed by atoms with Gasteiger partial charge < -0.3 is 10.8 Å². The fourth-order valence-electron chi connectivity index (χ4n) is 2.54. The molecule has 1 aromatic carbocycles. The third-order valence-electron chi connectivity index (χ3n) is 4.08. The molecule has 1 aliphatic rings. The number of aliphatic hydroxyl groups is 1. The largest absolute Gasteiger partial charge is 0.398 e. The summed E-state index contributed by atoms with van der Waals surface area (Å²) in [6, 6.07) is 3.45. The zero-order valence-corrected chi connectivity index (χ0v) is 12.8. The molecule has 1 saturated carbocycles. The van der Waals surface area contributed by atoms with E-state index >= 15 is 0 Å². The van der Waals surface area contributed by atoms with Gasteiger partial charge in [0, 0.05) is 12.6 Å². The summed E-state index contributed by atoms with van der Waals surface area (Å²) >= 11 is 0. The highest BCUT2D eigenvalue weighted by Gasteiger charge is 2.36. The highest BCUT2D eigenvalue weighted by atomic mass is 32.2. The molecule has 6 heteroatoms. The second-order valence-corrected chi connectivity index (χ2v) is 7.18. The monoisotopic (exact) mass is 298 g/mol. The van der Waals surface area contributed by atoms with Gasteiger partial charge in [0.15, 0.2) is 0 Å². The number of nitrogens with zero attached hydrogens (tertiary/aromatic N) is 1. The van der Waals surface area contributed by atoms with Crippen LogP contribution in [0.1, 0.15) is 30.4 Å². The van der Waals surface area contributed by atoms with E-state index in [0.717, 1.165) is 24.8 Å². The van der Waals surface area contributed by atoms with Crippen molar-refractivity contribution in [2.75, 3.05) is 18.9 Å². The zero-order valence-electron chi connectivity index (χ0n) is 12.0. The summed E-state index contributed by atoms with van der Waals surface area (Å²) in [5.41, 5.74) is 7.76. The SMILES string of the molecule is Cc1ccc(N)c(S(=O)(=O)N(CCO)C2CCC2)c1C. The quantitative estimate of drug-likeness (QED) is 0.805. The van der Waals surface area contributed by atoms with Crippen molar-refractivity contribution in [3.05, 3.63) is 23.3 Å². The average molecular weight is 298 g/mol. The molecule has 1 aromatic rings. The summed E-state index contributed by atoms with van der Waals surface area (Å²) in [5, 5.41) is 9.17. The third-order valence-corrected chi connectivity index (χ3v) is 6.23. The lowest BCUT2D eigenvalue weighted by Gasteiger charge is -2.36. The van der Waals surface area contributed by atoms with Gasteiger partial charge in [0.05, 0.1) is 12.3 Å². The minimum Gasteiger partial charge on any atom is -0.398 e. The smallest absolute Gasteiger partial charge is 0.245 e. The summed E-state index contributed by atoms with van der Waals surface area (Å²) in [4.78, 5) is 0.192. The van der Waals surface area contributed by atoms with Crippen molar-refractivity contribution in [1.29, 1.82) is 0 Å². The van der Waals surface area contributed by atoms with Crippen molar-refractivity contribution in [3.63, 3.8) is 0 Å². The van der Waals surface area contributed by atoms with Crippen molar-refractivity contribution in [3.8, 4) is 0 Å². The molecule has 2 rings (SSSR count). The van der Waals surface area contributed by atoms with Gasteiger partial charge >= 0.3 is 0 Å². The lowest BCUT2D eigenvalue weighted by Crippen LogP contribution is -2.45. The molecule has 0 aromatic heterocycles. The number of rotatable bonds is 5. The minimum absolute atomic E-state index is 0.00791. The second-order valence-electron chi connectivity index (χ2n) is 5.35. The van der Waals surface area contributed by atoms with Crippen LogP contribution >= 0.6 is 0 Å².